The molecule has 2 heterocycles. The highest BCUT2D eigenvalue weighted by Crippen LogP contribution is 2.15. The number of nitrogens with zero attached hydrogens (tertiary/aromatic N) is 2. The number of nitrogens with one attached hydrogen (secondary N) is 1. The summed E-state index contributed by atoms with van der Waals surface area (Å²) < 4.78 is 7.12. The Morgan fingerprint density at radius 3 is 3.05 bits per heavy atom. The van der Waals surface area contributed by atoms with Gasteiger partial charge in [0.2, 0.25) is 5.91 Å². The van der Waals surface area contributed by atoms with Crippen molar-refractivity contribution in [1.82, 2.24) is 9.78 Å². The van der Waals surface area contributed by atoms with E-state index in [0.29, 0.717) is 6.54 Å². The lowest BCUT2D eigenvalue weighted by molar-refractivity contribution is -0.118. The van der Waals surface area contributed by atoms with Gasteiger partial charge in [0.05, 0.1) is 24.2 Å². The molecule has 2 aromatic rings. The van der Waals surface area contributed by atoms with Crippen LogP contribution in [-0.2, 0) is 23.6 Å². The maximum Gasteiger partial charge on any atom is 0.239 e. The summed E-state index contributed by atoms with van der Waals surface area (Å²) >= 11 is 1.72. The summed E-state index contributed by atoms with van der Waals surface area (Å²) in [4.78, 5) is 10.7. The van der Waals surface area contributed by atoms with Gasteiger partial charge in [0, 0.05) is 6.20 Å². The number of carbonyl (C=O) groups excluding carboxylic acids is 1. The summed E-state index contributed by atoms with van der Waals surface area (Å²) in [6.45, 7) is 0.664. The zero-order valence-electron chi connectivity index (χ0n) is 10.6. The van der Waals surface area contributed by atoms with Gasteiger partial charge >= 0.3 is 0 Å². The van der Waals surface area contributed by atoms with Gasteiger partial charge in [-0.25, -0.2) is 0 Å². The second-order valence-electron chi connectivity index (χ2n) is 4.05. The number of furan rings is 1. The number of nitrogens with two attached hydrogens (primary N) is 1. The summed E-state index contributed by atoms with van der Waals surface area (Å²) in [5, 5.41) is 7.20. The van der Waals surface area contributed by atoms with E-state index in [0.717, 1.165) is 23.0 Å². The SMILES string of the molecule is CSCc1ccc(CNc2cnn(CC(N)=O)c2)o1. The van der Waals surface area contributed by atoms with E-state index in [-0.39, 0.29) is 6.54 Å². The molecule has 2 rings (SSSR count). The number of aromatic nitrogens is 2. The summed E-state index contributed by atoms with van der Waals surface area (Å²) in [6.07, 6.45) is 5.42. The minimum absolute atomic E-state index is 0.0836. The Morgan fingerprint density at radius 2 is 2.32 bits per heavy atom. The third kappa shape index (κ3) is 4.06. The molecule has 0 saturated carbocycles. The zero-order chi connectivity index (χ0) is 13.7. The average Bonchev–Trinajstić information content (AvgIpc) is 2.96. The summed E-state index contributed by atoms with van der Waals surface area (Å²) in [5.74, 6) is 2.29. The molecule has 3 N–H and O–H groups in total. The number of hydrogen-bond acceptors (Lipinski definition) is 5. The van der Waals surface area contributed by atoms with Crippen LogP contribution in [0.3, 0.4) is 0 Å². The Hall–Kier alpha value is -1.89. The molecule has 0 radical (unpaired) electrons. The number of thioether (sulfide) groups is 1. The molecule has 19 heavy (non-hydrogen) atoms. The third-order valence-corrected chi connectivity index (χ3v) is 2.99. The van der Waals surface area contributed by atoms with Gasteiger partial charge in [-0.3, -0.25) is 9.48 Å². The minimum Gasteiger partial charge on any atom is -0.463 e. The van der Waals surface area contributed by atoms with E-state index in [1.165, 1.54) is 4.68 Å². The van der Waals surface area contributed by atoms with E-state index in [1.54, 1.807) is 24.2 Å². The van der Waals surface area contributed by atoms with E-state index in [4.69, 9.17) is 10.2 Å². The minimum atomic E-state index is -0.414. The molecule has 0 bridgehead atoms. The van der Waals surface area contributed by atoms with Gasteiger partial charge in [0.25, 0.3) is 0 Å². The van der Waals surface area contributed by atoms with Crippen LogP contribution in [0.15, 0.2) is 28.9 Å². The predicted octanol–water partition coefficient (Wildman–Crippen LogP) is 1.44. The molecule has 1 amide bonds. The molecule has 2 aromatic heterocycles. The molecule has 7 heteroatoms. The Balaban J connectivity index is 1.87. The van der Waals surface area contributed by atoms with Crippen molar-refractivity contribution in [2.24, 2.45) is 5.73 Å². The molecule has 0 aliphatic heterocycles. The van der Waals surface area contributed by atoms with Gasteiger partial charge in [0.15, 0.2) is 0 Å². The normalized spacial score (nSPS) is 10.6. The summed E-state index contributed by atoms with van der Waals surface area (Å²) in [6, 6.07) is 3.93. The third-order valence-electron chi connectivity index (χ3n) is 2.42. The fraction of sp³-hybridized carbons (Fsp3) is 0.333. The van der Waals surface area contributed by atoms with E-state index in [1.807, 2.05) is 18.4 Å². The molecule has 0 aliphatic rings. The molecular weight excluding hydrogens is 264 g/mol. The Bertz CT molecular complexity index is 549. The number of primary amides is 1. The van der Waals surface area contributed by atoms with Crippen molar-refractivity contribution < 1.29 is 9.21 Å². The van der Waals surface area contributed by atoms with Crippen molar-refractivity contribution in [2.45, 2.75) is 18.8 Å². The van der Waals surface area contributed by atoms with Crippen molar-refractivity contribution in [3.8, 4) is 0 Å². The second kappa shape index (κ2) is 6.33. The van der Waals surface area contributed by atoms with Gasteiger partial charge < -0.3 is 15.5 Å². The quantitative estimate of drug-likeness (QED) is 0.801. The lowest BCUT2D eigenvalue weighted by atomic mass is 10.4. The number of amides is 1. The van der Waals surface area contributed by atoms with E-state index in [9.17, 15) is 4.79 Å². The van der Waals surface area contributed by atoms with Gasteiger partial charge in [0.1, 0.15) is 18.1 Å². The van der Waals surface area contributed by atoms with Gasteiger partial charge in [-0.2, -0.15) is 16.9 Å². The second-order valence-corrected chi connectivity index (χ2v) is 4.91. The van der Waals surface area contributed by atoms with Gasteiger partial charge in [-0.05, 0) is 18.4 Å². The van der Waals surface area contributed by atoms with Crippen LogP contribution < -0.4 is 11.1 Å². The number of hydrogen-bond donors (Lipinski definition) is 2. The topological polar surface area (TPSA) is 86.1 Å². The highest BCUT2D eigenvalue weighted by atomic mass is 32.2. The first-order chi connectivity index (χ1) is 9.17. The Labute approximate surface area is 115 Å². The van der Waals surface area contributed by atoms with E-state index in [2.05, 4.69) is 10.4 Å². The first kappa shape index (κ1) is 13.5. The smallest absolute Gasteiger partial charge is 0.239 e. The van der Waals surface area contributed by atoms with Gasteiger partial charge in [-0.1, -0.05) is 0 Å². The molecule has 102 valence electrons. The Kier molecular flexibility index (Phi) is 4.51. The first-order valence-electron chi connectivity index (χ1n) is 5.78. The molecule has 0 unspecified atom stereocenters. The Morgan fingerprint density at radius 1 is 1.53 bits per heavy atom. The molecule has 6 nitrogen and oxygen atoms in total. The molecule has 0 saturated heterocycles. The molecule has 0 fully saturated rings. The predicted molar refractivity (Wildman–Crippen MR) is 74.7 cm³/mol. The highest BCUT2D eigenvalue weighted by Gasteiger charge is 2.04. The van der Waals surface area contributed by atoms with E-state index >= 15 is 0 Å². The van der Waals surface area contributed by atoms with Crippen molar-refractivity contribution in [3.05, 3.63) is 36.0 Å². The van der Waals surface area contributed by atoms with Crippen LogP contribution in [0.25, 0.3) is 0 Å². The van der Waals surface area contributed by atoms with Crippen molar-refractivity contribution in [3.63, 3.8) is 0 Å². The largest absolute Gasteiger partial charge is 0.463 e. The van der Waals surface area contributed by atoms with Crippen LogP contribution >= 0.6 is 11.8 Å². The number of rotatable bonds is 7. The fourth-order valence-corrected chi connectivity index (χ4v) is 2.07. The average molecular weight is 280 g/mol. The van der Waals surface area contributed by atoms with Gasteiger partial charge in [-0.15, -0.1) is 0 Å². The standard InChI is InChI=1S/C12H16N4O2S/c1-19-8-11-3-2-10(18-11)5-14-9-4-15-16(6-9)7-12(13)17/h2-4,6,14H,5,7-8H2,1H3,(H2,13,17). The maximum atomic E-state index is 10.7. The zero-order valence-corrected chi connectivity index (χ0v) is 11.4. The lowest BCUT2D eigenvalue weighted by Gasteiger charge is -2.00. The van der Waals surface area contributed by atoms with Crippen LogP contribution in [0.1, 0.15) is 11.5 Å². The maximum absolute atomic E-state index is 10.7. The molecule has 0 aliphatic carbocycles. The van der Waals surface area contributed by atoms with Crippen LogP contribution in [-0.4, -0.2) is 21.9 Å². The number of anilines is 1. The molecule has 0 aromatic carbocycles. The van der Waals surface area contributed by atoms with E-state index < -0.39 is 5.91 Å². The summed E-state index contributed by atoms with van der Waals surface area (Å²) in [7, 11) is 0. The molecular formula is C12H16N4O2S. The van der Waals surface area contributed by atoms with Crippen molar-refractivity contribution in [1.29, 1.82) is 0 Å². The molecule has 0 atom stereocenters. The van der Waals surface area contributed by atoms with Crippen LogP contribution in [0.5, 0.6) is 0 Å². The van der Waals surface area contributed by atoms with Crippen molar-refractivity contribution in [2.75, 3.05) is 11.6 Å². The van der Waals surface area contributed by atoms with Crippen LogP contribution in [0, 0.1) is 0 Å². The van der Waals surface area contributed by atoms with Crippen molar-refractivity contribution >= 4 is 23.4 Å². The summed E-state index contributed by atoms with van der Waals surface area (Å²) in [5.41, 5.74) is 5.92. The first-order valence-corrected chi connectivity index (χ1v) is 7.18. The highest BCUT2D eigenvalue weighted by molar-refractivity contribution is 7.97. The molecule has 0 spiro atoms. The fourth-order valence-electron chi connectivity index (χ4n) is 1.63. The van der Waals surface area contributed by atoms with Crippen LogP contribution in [0.4, 0.5) is 5.69 Å². The lowest BCUT2D eigenvalue weighted by Crippen LogP contribution is -2.18. The number of carbonyl (C=O) groups is 1. The monoisotopic (exact) mass is 280 g/mol. The van der Waals surface area contributed by atoms with Crippen LogP contribution in [0.2, 0.25) is 0 Å².